The molecule has 0 radical (unpaired) electrons. The van der Waals surface area contributed by atoms with Crippen LogP contribution in [0.2, 0.25) is 0 Å². The number of nitrogens with one attached hydrogen (secondary N) is 1. The lowest BCUT2D eigenvalue weighted by Gasteiger charge is -2.03. The van der Waals surface area contributed by atoms with E-state index in [0.29, 0.717) is 16.7 Å². The zero-order chi connectivity index (χ0) is 16.1. The maximum atomic E-state index is 11.8. The lowest BCUT2D eigenvalue weighted by molar-refractivity contribution is 0.0701. The van der Waals surface area contributed by atoms with Gasteiger partial charge in [-0.25, -0.2) is 9.78 Å². The van der Waals surface area contributed by atoms with Crippen molar-refractivity contribution in [1.82, 2.24) is 4.98 Å². The first-order chi connectivity index (χ1) is 11.2. The van der Waals surface area contributed by atoms with E-state index in [9.17, 15) is 4.79 Å². The number of hydrogen-bond acceptors (Lipinski definition) is 8. The highest BCUT2D eigenvalue weighted by molar-refractivity contribution is 7.14. The van der Waals surface area contributed by atoms with E-state index < -0.39 is 5.97 Å². The van der Waals surface area contributed by atoms with E-state index in [1.54, 1.807) is 35.9 Å². The van der Waals surface area contributed by atoms with Gasteiger partial charge in [0.1, 0.15) is 11.6 Å². The summed E-state index contributed by atoms with van der Waals surface area (Å²) in [6.45, 7) is 0. The fourth-order valence-corrected chi connectivity index (χ4v) is 2.26. The van der Waals surface area contributed by atoms with Crippen LogP contribution >= 0.6 is 11.3 Å². The van der Waals surface area contributed by atoms with Crippen LogP contribution in [0.3, 0.4) is 0 Å². The fourth-order valence-electron chi connectivity index (χ4n) is 1.71. The zero-order valence-corrected chi connectivity index (χ0v) is 12.6. The highest BCUT2D eigenvalue weighted by Gasteiger charge is 2.11. The number of aromatic nitrogens is 1. The van der Waals surface area contributed by atoms with Crippen molar-refractivity contribution in [1.29, 1.82) is 0 Å². The second-order valence-electron chi connectivity index (χ2n) is 4.39. The van der Waals surface area contributed by atoms with E-state index in [1.165, 1.54) is 23.7 Å². The van der Waals surface area contributed by atoms with Gasteiger partial charge >= 0.3 is 5.97 Å². The normalized spacial score (nSPS) is 10.8. The van der Waals surface area contributed by atoms with Crippen molar-refractivity contribution in [2.75, 3.05) is 11.2 Å². The number of carbonyl (C=O) groups is 1. The highest BCUT2D eigenvalue weighted by atomic mass is 32.1. The summed E-state index contributed by atoms with van der Waals surface area (Å²) in [7, 11) is 0. The number of furan rings is 1. The smallest absolute Gasteiger partial charge is 0.379 e. The number of hydrazone groups is 1. The van der Waals surface area contributed by atoms with Crippen LogP contribution in [0.25, 0.3) is 0 Å². The Hall–Kier alpha value is -3.13. The van der Waals surface area contributed by atoms with E-state index in [0.717, 1.165) is 5.56 Å². The summed E-state index contributed by atoms with van der Waals surface area (Å²) in [5.41, 5.74) is 9.05. The molecule has 1 aromatic carbocycles. The zero-order valence-electron chi connectivity index (χ0n) is 11.8. The van der Waals surface area contributed by atoms with Gasteiger partial charge < -0.3 is 14.9 Å². The van der Waals surface area contributed by atoms with Crippen LogP contribution in [-0.4, -0.2) is 17.2 Å². The van der Waals surface area contributed by atoms with Gasteiger partial charge in [-0.05, 0) is 29.8 Å². The molecule has 8 heteroatoms. The molecule has 0 saturated heterocycles. The SMILES string of the molecule is Nc1csc(NN=Cc2cccc(OC(=O)c3ccco3)c2)n1. The van der Waals surface area contributed by atoms with Crippen LogP contribution < -0.4 is 15.9 Å². The summed E-state index contributed by atoms with van der Waals surface area (Å²) < 4.78 is 10.2. The molecule has 2 heterocycles. The molecule has 0 unspecified atom stereocenters. The number of esters is 1. The van der Waals surface area contributed by atoms with Gasteiger partial charge in [0.05, 0.1) is 12.5 Å². The molecule has 0 aliphatic heterocycles. The summed E-state index contributed by atoms with van der Waals surface area (Å²) in [6, 6.07) is 10.1. The molecule has 116 valence electrons. The Kier molecular flexibility index (Phi) is 4.34. The Bertz CT molecular complexity index is 827. The molecular weight excluding hydrogens is 316 g/mol. The average Bonchev–Trinajstić information content (AvgIpc) is 3.19. The third kappa shape index (κ3) is 3.95. The molecule has 0 saturated carbocycles. The minimum atomic E-state index is -0.555. The Morgan fingerprint density at radius 2 is 2.30 bits per heavy atom. The number of carbonyl (C=O) groups excluding carboxylic acids is 1. The molecule has 0 aliphatic carbocycles. The Morgan fingerprint density at radius 1 is 1.39 bits per heavy atom. The van der Waals surface area contributed by atoms with Crippen LogP contribution in [0.1, 0.15) is 16.1 Å². The number of anilines is 2. The summed E-state index contributed by atoms with van der Waals surface area (Å²) >= 11 is 1.35. The maximum absolute atomic E-state index is 11.8. The van der Waals surface area contributed by atoms with Crippen molar-refractivity contribution in [3.05, 3.63) is 59.4 Å². The number of nitrogen functional groups attached to an aromatic ring is 1. The number of nitrogens with two attached hydrogens (primary N) is 1. The highest BCUT2D eigenvalue weighted by Crippen LogP contribution is 2.17. The Balaban J connectivity index is 1.64. The minimum Gasteiger partial charge on any atom is -0.457 e. The third-order valence-electron chi connectivity index (χ3n) is 2.69. The lowest BCUT2D eigenvalue weighted by atomic mass is 10.2. The van der Waals surface area contributed by atoms with E-state index in [1.807, 2.05) is 6.07 Å². The number of ether oxygens (including phenoxy) is 1. The predicted molar refractivity (Wildman–Crippen MR) is 87.9 cm³/mol. The molecule has 0 fully saturated rings. The standard InChI is InChI=1S/C15H12N4O3S/c16-13-9-23-15(18-13)19-17-8-10-3-1-4-11(7-10)22-14(20)12-5-2-6-21-12/h1-9H,16H2,(H,18,19). The Morgan fingerprint density at radius 3 is 3.04 bits per heavy atom. The molecule has 0 atom stereocenters. The van der Waals surface area contributed by atoms with Crippen LogP contribution in [-0.2, 0) is 0 Å². The summed E-state index contributed by atoms with van der Waals surface area (Å²) in [5, 5.41) is 6.36. The molecule has 0 bridgehead atoms. The largest absolute Gasteiger partial charge is 0.457 e. The van der Waals surface area contributed by atoms with Crippen LogP contribution in [0.4, 0.5) is 10.9 Å². The van der Waals surface area contributed by atoms with Gasteiger partial charge in [0.2, 0.25) is 10.9 Å². The van der Waals surface area contributed by atoms with Gasteiger partial charge in [-0.2, -0.15) is 5.10 Å². The first-order valence-corrected chi connectivity index (χ1v) is 7.44. The first-order valence-electron chi connectivity index (χ1n) is 6.56. The second kappa shape index (κ2) is 6.75. The molecular formula is C15H12N4O3S. The maximum Gasteiger partial charge on any atom is 0.379 e. The van der Waals surface area contributed by atoms with E-state index in [-0.39, 0.29) is 5.76 Å². The second-order valence-corrected chi connectivity index (χ2v) is 5.24. The summed E-state index contributed by atoms with van der Waals surface area (Å²) in [5.74, 6) is 0.431. The van der Waals surface area contributed by atoms with E-state index in [4.69, 9.17) is 14.9 Å². The number of thiazole rings is 1. The molecule has 0 spiro atoms. The fraction of sp³-hybridized carbons (Fsp3) is 0. The van der Waals surface area contributed by atoms with Crippen molar-refractivity contribution < 1.29 is 13.9 Å². The topological polar surface area (TPSA) is 103 Å². The third-order valence-corrected chi connectivity index (χ3v) is 3.45. The number of rotatable bonds is 5. The predicted octanol–water partition coefficient (Wildman–Crippen LogP) is 2.98. The molecule has 3 aromatic rings. The van der Waals surface area contributed by atoms with Crippen molar-refractivity contribution in [3.63, 3.8) is 0 Å². The van der Waals surface area contributed by atoms with Gasteiger partial charge in [0.25, 0.3) is 0 Å². The summed E-state index contributed by atoms with van der Waals surface area (Å²) in [6.07, 6.45) is 3.00. The number of hydrogen-bond donors (Lipinski definition) is 2. The molecule has 0 amide bonds. The average molecular weight is 328 g/mol. The number of benzene rings is 1. The molecule has 23 heavy (non-hydrogen) atoms. The molecule has 3 rings (SSSR count). The Labute approximate surface area is 135 Å². The van der Waals surface area contributed by atoms with Gasteiger partial charge in [-0.15, -0.1) is 11.3 Å². The van der Waals surface area contributed by atoms with Crippen molar-refractivity contribution >= 4 is 34.5 Å². The lowest BCUT2D eigenvalue weighted by Crippen LogP contribution is -2.07. The molecule has 3 N–H and O–H groups in total. The van der Waals surface area contributed by atoms with E-state index >= 15 is 0 Å². The van der Waals surface area contributed by atoms with Crippen molar-refractivity contribution in [3.8, 4) is 5.75 Å². The van der Waals surface area contributed by atoms with Gasteiger partial charge in [-0.3, -0.25) is 5.43 Å². The van der Waals surface area contributed by atoms with Crippen LogP contribution in [0, 0.1) is 0 Å². The van der Waals surface area contributed by atoms with Crippen LogP contribution in [0.5, 0.6) is 5.75 Å². The number of nitrogens with zero attached hydrogens (tertiary/aromatic N) is 2. The molecule has 7 nitrogen and oxygen atoms in total. The van der Waals surface area contributed by atoms with Gasteiger partial charge in [0.15, 0.2) is 0 Å². The van der Waals surface area contributed by atoms with E-state index in [2.05, 4.69) is 15.5 Å². The molecule has 2 aromatic heterocycles. The monoisotopic (exact) mass is 328 g/mol. The van der Waals surface area contributed by atoms with Crippen molar-refractivity contribution in [2.24, 2.45) is 5.10 Å². The van der Waals surface area contributed by atoms with Gasteiger partial charge in [0, 0.05) is 5.38 Å². The van der Waals surface area contributed by atoms with Gasteiger partial charge in [-0.1, -0.05) is 12.1 Å². The summed E-state index contributed by atoms with van der Waals surface area (Å²) in [4.78, 5) is 15.8. The van der Waals surface area contributed by atoms with Crippen molar-refractivity contribution in [2.45, 2.75) is 0 Å². The first kappa shape index (κ1) is 14.8. The minimum absolute atomic E-state index is 0.145. The molecule has 0 aliphatic rings. The van der Waals surface area contributed by atoms with Crippen LogP contribution in [0.15, 0.2) is 57.6 Å². The quantitative estimate of drug-likeness (QED) is 0.323.